The number of methoxy groups -OCH3 is 1. The number of ether oxygens (including phenoxy) is 1. The van der Waals surface area contributed by atoms with E-state index in [0.29, 0.717) is 10.9 Å². The minimum atomic E-state index is -0.279. The van der Waals surface area contributed by atoms with Gasteiger partial charge in [0, 0.05) is 4.47 Å². The Morgan fingerprint density at radius 1 is 1.19 bits per heavy atom. The van der Waals surface area contributed by atoms with Crippen LogP contribution in [0.3, 0.4) is 0 Å². The minimum absolute atomic E-state index is 0.119. The zero-order valence-corrected chi connectivity index (χ0v) is 14.5. The molecule has 21 heavy (non-hydrogen) atoms. The third-order valence-electron chi connectivity index (χ3n) is 3.20. The lowest BCUT2D eigenvalue weighted by Gasteiger charge is -2.19. The zero-order valence-electron chi connectivity index (χ0n) is 11.4. The summed E-state index contributed by atoms with van der Waals surface area (Å²) in [7, 11) is 1.62. The highest BCUT2D eigenvalue weighted by Crippen LogP contribution is 2.30. The van der Waals surface area contributed by atoms with Gasteiger partial charge in [0.05, 0.1) is 17.6 Å². The molecule has 0 bridgehead atoms. The van der Waals surface area contributed by atoms with Crippen LogP contribution in [-0.2, 0) is 6.42 Å². The fourth-order valence-corrected chi connectivity index (χ4v) is 3.03. The van der Waals surface area contributed by atoms with Crippen molar-refractivity contribution in [2.24, 2.45) is 5.84 Å². The van der Waals surface area contributed by atoms with Gasteiger partial charge in [-0.05, 0) is 63.8 Å². The first-order chi connectivity index (χ1) is 10.0. The van der Waals surface area contributed by atoms with Gasteiger partial charge in [-0.15, -0.1) is 0 Å². The Kier molecular flexibility index (Phi) is 5.75. The van der Waals surface area contributed by atoms with Crippen molar-refractivity contribution in [3.63, 3.8) is 0 Å². The normalized spacial score (nSPS) is 12.2. The van der Waals surface area contributed by atoms with Gasteiger partial charge in [0.1, 0.15) is 11.6 Å². The van der Waals surface area contributed by atoms with E-state index in [0.717, 1.165) is 21.3 Å². The van der Waals surface area contributed by atoms with E-state index in [4.69, 9.17) is 10.6 Å². The van der Waals surface area contributed by atoms with Gasteiger partial charge >= 0.3 is 0 Å². The molecule has 6 heteroatoms. The Labute approximate surface area is 139 Å². The first kappa shape index (κ1) is 16.4. The van der Waals surface area contributed by atoms with Crippen LogP contribution in [0.1, 0.15) is 17.2 Å². The van der Waals surface area contributed by atoms with Crippen molar-refractivity contribution in [3.8, 4) is 5.75 Å². The van der Waals surface area contributed by atoms with Crippen LogP contribution < -0.4 is 16.0 Å². The number of benzene rings is 2. The summed E-state index contributed by atoms with van der Waals surface area (Å²) in [5.74, 6) is 6.16. The molecular formula is C15H15Br2FN2O. The molecule has 2 rings (SSSR count). The maximum Gasteiger partial charge on any atom is 0.137 e. The summed E-state index contributed by atoms with van der Waals surface area (Å²) >= 11 is 6.72. The molecule has 2 aromatic rings. The van der Waals surface area contributed by atoms with Gasteiger partial charge in [0.2, 0.25) is 0 Å². The van der Waals surface area contributed by atoms with Gasteiger partial charge in [-0.25, -0.2) is 4.39 Å². The van der Waals surface area contributed by atoms with Crippen LogP contribution in [0, 0.1) is 5.82 Å². The molecule has 0 radical (unpaired) electrons. The van der Waals surface area contributed by atoms with Crippen LogP contribution >= 0.6 is 31.9 Å². The maximum atomic E-state index is 13.3. The predicted octanol–water partition coefficient (Wildman–Crippen LogP) is 4.11. The molecule has 0 spiro atoms. The molecular weight excluding hydrogens is 403 g/mol. The summed E-state index contributed by atoms with van der Waals surface area (Å²) in [5, 5.41) is 0. The van der Waals surface area contributed by atoms with E-state index < -0.39 is 0 Å². The van der Waals surface area contributed by atoms with Crippen molar-refractivity contribution in [2.75, 3.05) is 7.11 Å². The number of hydrogen-bond acceptors (Lipinski definition) is 3. The molecule has 0 heterocycles. The van der Waals surface area contributed by atoms with Crippen LogP contribution in [0.15, 0.2) is 45.3 Å². The fourth-order valence-electron chi connectivity index (χ4n) is 2.08. The second-order valence-electron chi connectivity index (χ2n) is 4.56. The maximum absolute atomic E-state index is 13.3. The largest absolute Gasteiger partial charge is 0.497 e. The highest BCUT2D eigenvalue weighted by atomic mass is 79.9. The molecule has 3 N–H and O–H groups in total. The third kappa shape index (κ3) is 4.03. The van der Waals surface area contributed by atoms with Gasteiger partial charge in [-0.3, -0.25) is 11.3 Å². The van der Waals surface area contributed by atoms with E-state index in [1.54, 1.807) is 19.2 Å². The SMILES string of the molecule is COc1ccc(Br)c(C(Cc2ccc(F)c(Br)c2)NN)c1. The van der Waals surface area contributed by atoms with Gasteiger partial charge in [0.25, 0.3) is 0 Å². The lowest BCUT2D eigenvalue weighted by molar-refractivity contribution is 0.412. The van der Waals surface area contributed by atoms with E-state index >= 15 is 0 Å². The van der Waals surface area contributed by atoms with Gasteiger partial charge in [-0.1, -0.05) is 22.0 Å². The summed E-state index contributed by atoms with van der Waals surface area (Å²) < 4.78 is 19.9. The highest BCUT2D eigenvalue weighted by molar-refractivity contribution is 9.10. The Hall–Kier alpha value is -0.950. The molecule has 0 fully saturated rings. The molecule has 0 saturated heterocycles. The van der Waals surface area contributed by atoms with Crippen LogP contribution in [0.2, 0.25) is 0 Å². The van der Waals surface area contributed by atoms with Crippen LogP contribution in [0.4, 0.5) is 4.39 Å². The Balaban J connectivity index is 2.29. The zero-order chi connectivity index (χ0) is 15.4. The van der Waals surface area contributed by atoms with Crippen molar-refractivity contribution >= 4 is 31.9 Å². The summed E-state index contributed by atoms with van der Waals surface area (Å²) in [6, 6.07) is 10.5. The first-order valence-corrected chi connectivity index (χ1v) is 7.87. The summed E-state index contributed by atoms with van der Waals surface area (Å²) in [5.41, 5.74) is 4.76. The standard InChI is InChI=1S/C15H15Br2FN2O/c1-21-10-3-4-12(16)11(8-10)15(20-19)7-9-2-5-14(18)13(17)6-9/h2-6,8,15,20H,7,19H2,1H3. The summed E-state index contributed by atoms with van der Waals surface area (Å²) in [6.45, 7) is 0. The van der Waals surface area contributed by atoms with Crippen LogP contribution in [0.5, 0.6) is 5.75 Å². The predicted molar refractivity (Wildman–Crippen MR) is 88.6 cm³/mol. The van der Waals surface area contributed by atoms with Crippen molar-refractivity contribution in [1.29, 1.82) is 0 Å². The third-order valence-corrected chi connectivity index (χ3v) is 4.53. The molecule has 0 aliphatic heterocycles. The first-order valence-electron chi connectivity index (χ1n) is 6.28. The van der Waals surface area contributed by atoms with E-state index in [2.05, 4.69) is 37.3 Å². The van der Waals surface area contributed by atoms with Crippen molar-refractivity contribution in [2.45, 2.75) is 12.5 Å². The Bertz CT molecular complexity index is 637. The number of nitrogens with one attached hydrogen (secondary N) is 1. The molecule has 3 nitrogen and oxygen atoms in total. The molecule has 1 unspecified atom stereocenters. The van der Waals surface area contributed by atoms with Crippen LogP contribution in [-0.4, -0.2) is 7.11 Å². The van der Waals surface area contributed by atoms with E-state index in [1.165, 1.54) is 6.07 Å². The number of hydrogen-bond donors (Lipinski definition) is 2. The quantitative estimate of drug-likeness (QED) is 0.568. The van der Waals surface area contributed by atoms with E-state index in [1.807, 2.05) is 18.2 Å². The minimum Gasteiger partial charge on any atom is -0.497 e. The Morgan fingerprint density at radius 3 is 2.57 bits per heavy atom. The lowest BCUT2D eigenvalue weighted by Crippen LogP contribution is -2.29. The lowest BCUT2D eigenvalue weighted by atomic mass is 9.99. The molecule has 0 amide bonds. The second kappa shape index (κ2) is 7.35. The molecule has 112 valence electrons. The molecule has 1 atom stereocenters. The molecule has 2 aromatic carbocycles. The van der Waals surface area contributed by atoms with Gasteiger partial charge in [-0.2, -0.15) is 0 Å². The van der Waals surface area contributed by atoms with Crippen molar-refractivity contribution < 1.29 is 9.13 Å². The van der Waals surface area contributed by atoms with Gasteiger partial charge < -0.3 is 4.74 Å². The monoisotopic (exact) mass is 416 g/mol. The molecule has 0 aliphatic rings. The number of nitrogens with two attached hydrogens (primary N) is 1. The summed E-state index contributed by atoms with van der Waals surface area (Å²) in [6.07, 6.45) is 0.626. The number of hydrazine groups is 1. The topological polar surface area (TPSA) is 47.3 Å². The summed E-state index contributed by atoms with van der Waals surface area (Å²) in [4.78, 5) is 0. The fraction of sp³-hybridized carbons (Fsp3) is 0.200. The smallest absolute Gasteiger partial charge is 0.137 e. The van der Waals surface area contributed by atoms with Gasteiger partial charge in [0.15, 0.2) is 0 Å². The Morgan fingerprint density at radius 2 is 1.95 bits per heavy atom. The highest BCUT2D eigenvalue weighted by Gasteiger charge is 2.15. The molecule has 0 aromatic heterocycles. The van der Waals surface area contributed by atoms with E-state index in [-0.39, 0.29) is 11.9 Å². The number of rotatable bonds is 5. The average Bonchev–Trinajstić information content (AvgIpc) is 2.49. The molecule has 0 saturated carbocycles. The van der Waals surface area contributed by atoms with Crippen molar-refractivity contribution in [3.05, 3.63) is 62.3 Å². The molecule has 0 aliphatic carbocycles. The number of halogens is 3. The average molecular weight is 418 g/mol. The van der Waals surface area contributed by atoms with E-state index in [9.17, 15) is 4.39 Å². The second-order valence-corrected chi connectivity index (χ2v) is 6.27. The van der Waals surface area contributed by atoms with Crippen molar-refractivity contribution in [1.82, 2.24) is 5.43 Å². The van der Waals surface area contributed by atoms with Crippen LogP contribution in [0.25, 0.3) is 0 Å².